The number of carbonyl (C=O) groups is 1. The summed E-state index contributed by atoms with van der Waals surface area (Å²) >= 11 is 6.01. The van der Waals surface area contributed by atoms with Crippen LogP contribution in [-0.4, -0.2) is 28.6 Å². The van der Waals surface area contributed by atoms with Crippen molar-refractivity contribution < 1.29 is 14.4 Å². The topological polar surface area (TPSA) is 65.4 Å². The molecular formula is C22H22ClN3O3. The number of nitrogens with zero attached hydrogens (tertiary/aromatic N) is 2. The molecule has 3 aromatic rings. The first-order valence-electron chi connectivity index (χ1n) is 9.64. The van der Waals surface area contributed by atoms with E-state index in [9.17, 15) is 4.79 Å². The van der Waals surface area contributed by atoms with Crippen LogP contribution in [0.15, 0.2) is 60.8 Å². The summed E-state index contributed by atoms with van der Waals surface area (Å²) in [4.78, 5) is 18.3. The van der Waals surface area contributed by atoms with Crippen molar-refractivity contribution in [1.82, 2.24) is 15.3 Å². The SMILES string of the molecule is O=C(NOC1CCCCO1)c1cn(Cc2ccccc2)nc1-c1ccc(Cl)cc1. The van der Waals surface area contributed by atoms with Gasteiger partial charge in [0.25, 0.3) is 5.91 Å². The van der Waals surface area contributed by atoms with Crippen molar-refractivity contribution >= 4 is 17.5 Å². The average molecular weight is 412 g/mol. The van der Waals surface area contributed by atoms with Crippen LogP contribution in [0.3, 0.4) is 0 Å². The van der Waals surface area contributed by atoms with Gasteiger partial charge in [0.1, 0.15) is 5.69 Å². The Hall–Kier alpha value is -2.67. The van der Waals surface area contributed by atoms with Gasteiger partial charge in [-0.3, -0.25) is 9.48 Å². The monoisotopic (exact) mass is 411 g/mol. The fourth-order valence-corrected chi connectivity index (χ4v) is 3.36. The van der Waals surface area contributed by atoms with Gasteiger partial charge in [0, 0.05) is 29.8 Å². The number of benzene rings is 2. The van der Waals surface area contributed by atoms with Gasteiger partial charge in [-0.15, -0.1) is 0 Å². The zero-order valence-corrected chi connectivity index (χ0v) is 16.6. The zero-order valence-electron chi connectivity index (χ0n) is 15.9. The van der Waals surface area contributed by atoms with Crippen LogP contribution < -0.4 is 5.48 Å². The second kappa shape index (κ2) is 9.22. The molecule has 150 valence electrons. The van der Waals surface area contributed by atoms with Crippen LogP contribution in [0.1, 0.15) is 35.2 Å². The Morgan fingerprint density at radius 3 is 2.69 bits per heavy atom. The van der Waals surface area contributed by atoms with E-state index in [1.165, 1.54) is 0 Å². The number of amides is 1. The molecule has 1 saturated heterocycles. The number of nitrogens with one attached hydrogen (secondary N) is 1. The summed E-state index contributed by atoms with van der Waals surface area (Å²) in [7, 11) is 0. The first kappa shape index (κ1) is 19.6. The normalized spacial score (nSPS) is 16.5. The lowest BCUT2D eigenvalue weighted by Crippen LogP contribution is -2.33. The van der Waals surface area contributed by atoms with Crippen molar-refractivity contribution in [3.05, 3.63) is 76.9 Å². The molecule has 1 N–H and O–H groups in total. The van der Waals surface area contributed by atoms with Gasteiger partial charge in [-0.1, -0.05) is 54.1 Å². The van der Waals surface area contributed by atoms with Gasteiger partial charge in [0.05, 0.1) is 12.1 Å². The summed E-state index contributed by atoms with van der Waals surface area (Å²) in [6.45, 7) is 1.20. The molecule has 1 atom stereocenters. The van der Waals surface area contributed by atoms with Crippen molar-refractivity contribution in [2.24, 2.45) is 0 Å². The second-order valence-corrected chi connectivity index (χ2v) is 7.36. The minimum Gasteiger partial charge on any atom is -0.350 e. The Morgan fingerprint density at radius 2 is 1.97 bits per heavy atom. The van der Waals surface area contributed by atoms with Gasteiger partial charge >= 0.3 is 0 Å². The van der Waals surface area contributed by atoms with E-state index in [1.807, 2.05) is 42.5 Å². The molecule has 0 saturated carbocycles. The molecule has 6 nitrogen and oxygen atoms in total. The summed E-state index contributed by atoms with van der Waals surface area (Å²) < 4.78 is 7.26. The van der Waals surface area contributed by atoms with E-state index < -0.39 is 6.29 Å². The first-order chi connectivity index (χ1) is 14.2. The zero-order chi connectivity index (χ0) is 20.1. The molecule has 2 heterocycles. The highest BCUT2D eigenvalue weighted by molar-refractivity contribution is 6.30. The molecule has 7 heteroatoms. The molecule has 1 fully saturated rings. The van der Waals surface area contributed by atoms with E-state index in [0.29, 0.717) is 29.4 Å². The Kier molecular flexibility index (Phi) is 6.24. The molecule has 1 aliphatic heterocycles. The maximum absolute atomic E-state index is 12.8. The molecule has 0 spiro atoms. The van der Waals surface area contributed by atoms with E-state index in [4.69, 9.17) is 21.2 Å². The van der Waals surface area contributed by atoms with E-state index in [2.05, 4.69) is 10.6 Å². The summed E-state index contributed by atoms with van der Waals surface area (Å²) in [5, 5.41) is 5.27. The predicted octanol–water partition coefficient (Wildman–Crippen LogP) is 4.44. The van der Waals surface area contributed by atoms with Gasteiger partial charge in [0.15, 0.2) is 6.29 Å². The van der Waals surface area contributed by atoms with Crippen LogP contribution in [0.4, 0.5) is 0 Å². The van der Waals surface area contributed by atoms with Gasteiger partial charge in [-0.25, -0.2) is 10.3 Å². The Labute approximate surface area is 174 Å². The quantitative estimate of drug-likeness (QED) is 0.609. The molecule has 1 aliphatic rings. The molecule has 2 aromatic carbocycles. The molecule has 1 aromatic heterocycles. The first-order valence-corrected chi connectivity index (χ1v) is 10.0. The average Bonchev–Trinajstić information content (AvgIpc) is 3.18. The third-order valence-corrected chi connectivity index (χ3v) is 4.98. The smallest absolute Gasteiger partial charge is 0.278 e. The highest BCUT2D eigenvalue weighted by Gasteiger charge is 2.21. The highest BCUT2D eigenvalue weighted by Crippen LogP contribution is 2.24. The standard InChI is InChI=1S/C22H22ClN3O3/c23-18-11-9-17(10-12-18)21-19(22(27)25-29-20-8-4-5-13-28-20)15-26(24-21)14-16-6-2-1-3-7-16/h1-3,6-7,9-12,15,20H,4-5,8,13-14H2,(H,25,27). The molecular weight excluding hydrogens is 390 g/mol. The van der Waals surface area contributed by atoms with Crippen molar-refractivity contribution in [2.75, 3.05) is 6.61 Å². The maximum atomic E-state index is 12.8. The van der Waals surface area contributed by atoms with Gasteiger partial charge in [-0.05, 0) is 30.5 Å². The number of ether oxygens (including phenoxy) is 1. The fourth-order valence-electron chi connectivity index (χ4n) is 3.24. The van der Waals surface area contributed by atoms with E-state index in [-0.39, 0.29) is 5.91 Å². The van der Waals surface area contributed by atoms with Crippen LogP contribution in [0.5, 0.6) is 0 Å². The lowest BCUT2D eigenvalue weighted by Gasteiger charge is -2.22. The maximum Gasteiger partial charge on any atom is 0.278 e. The van der Waals surface area contributed by atoms with Crippen molar-refractivity contribution in [3.63, 3.8) is 0 Å². The van der Waals surface area contributed by atoms with E-state index >= 15 is 0 Å². The van der Waals surface area contributed by atoms with E-state index in [0.717, 1.165) is 30.4 Å². The minimum absolute atomic E-state index is 0.358. The third kappa shape index (κ3) is 5.03. The molecule has 0 radical (unpaired) electrons. The number of hydrogen-bond acceptors (Lipinski definition) is 4. The largest absolute Gasteiger partial charge is 0.350 e. The number of aromatic nitrogens is 2. The molecule has 4 rings (SSSR count). The number of rotatable bonds is 6. The van der Waals surface area contributed by atoms with Crippen LogP contribution in [-0.2, 0) is 16.1 Å². The summed E-state index contributed by atoms with van der Waals surface area (Å²) in [6.07, 6.45) is 4.12. The highest BCUT2D eigenvalue weighted by atomic mass is 35.5. The Morgan fingerprint density at radius 1 is 1.17 bits per heavy atom. The van der Waals surface area contributed by atoms with Crippen LogP contribution in [0.25, 0.3) is 11.3 Å². The second-order valence-electron chi connectivity index (χ2n) is 6.93. The Balaban J connectivity index is 1.57. The van der Waals surface area contributed by atoms with Crippen LogP contribution >= 0.6 is 11.6 Å². The summed E-state index contributed by atoms with van der Waals surface area (Å²) in [5.74, 6) is -0.358. The molecule has 29 heavy (non-hydrogen) atoms. The number of hydrogen-bond donors (Lipinski definition) is 1. The molecule has 1 amide bonds. The summed E-state index contributed by atoms with van der Waals surface area (Å²) in [5.41, 5.74) is 5.43. The van der Waals surface area contributed by atoms with Crippen molar-refractivity contribution in [1.29, 1.82) is 0 Å². The van der Waals surface area contributed by atoms with Gasteiger partial charge in [-0.2, -0.15) is 5.10 Å². The van der Waals surface area contributed by atoms with E-state index in [1.54, 1.807) is 23.0 Å². The molecule has 0 bridgehead atoms. The molecule has 1 unspecified atom stereocenters. The lowest BCUT2D eigenvalue weighted by molar-refractivity contribution is -0.186. The van der Waals surface area contributed by atoms with Crippen molar-refractivity contribution in [3.8, 4) is 11.3 Å². The predicted molar refractivity (Wildman–Crippen MR) is 110 cm³/mol. The number of halogens is 1. The van der Waals surface area contributed by atoms with Crippen molar-refractivity contribution in [2.45, 2.75) is 32.1 Å². The van der Waals surface area contributed by atoms with Gasteiger partial charge < -0.3 is 4.74 Å². The minimum atomic E-state index is -0.411. The summed E-state index contributed by atoms with van der Waals surface area (Å²) in [6, 6.07) is 17.2. The third-order valence-electron chi connectivity index (χ3n) is 4.73. The number of hydroxylamine groups is 1. The van der Waals surface area contributed by atoms with Crippen LogP contribution in [0.2, 0.25) is 5.02 Å². The Bertz CT molecular complexity index is 951. The van der Waals surface area contributed by atoms with Crippen LogP contribution in [0, 0.1) is 0 Å². The number of carbonyl (C=O) groups excluding carboxylic acids is 1. The lowest BCUT2D eigenvalue weighted by atomic mass is 10.1. The molecule has 0 aliphatic carbocycles. The fraction of sp³-hybridized carbons (Fsp3) is 0.273. The van der Waals surface area contributed by atoms with Gasteiger partial charge in [0.2, 0.25) is 0 Å².